The van der Waals surface area contributed by atoms with Gasteiger partial charge in [0.1, 0.15) is 5.60 Å². The Labute approximate surface area is 98.6 Å². The van der Waals surface area contributed by atoms with Gasteiger partial charge in [-0.15, -0.1) is 11.3 Å². The fourth-order valence-electron chi connectivity index (χ4n) is 1.01. The Morgan fingerprint density at radius 1 is 1.38 bits per heavy atom. The van der Waals surface area contributed by atoms with Crippen LogP contribution in [-0.2, 0) is 4.74 Å². The van der Waals surface area contributed by atoms with Crippen LogP contribution in [0, 0.1) is 0 Å². The van der Waals surface area contributed by atoms with Crippen LogP contribution in [0.25, 0.3) is 0 Å². The number of rotatable bonds is 2. The van der Waals surface area contributed by atoms with Gasteiger partial charge >= 0.3 is 6.09 Å². The maximum Gasteiger partial charge on any atom is 0.412 e. The molecule has 0 spiro atoms. The van der Waals surface area contributed by atoms with Crippen molar-refractivity contribution in [3.05, 3.63) is 16.3 Å². The zero-order valence-corrected chi connectivity index (χ0v) is 10.6. The van der Waals surface area contributed by atoms with Crippen LogP contribution in [-0.4, -0.2) is 17.5 Å². The van der Waals surface area contributed by atoms with Crippen LogP contribution in [0.4, 0.5) is 10.5 Å². The fraction of sp³-hybridized carbons (Fsp3) is 0.455. The maximum absolute atomic E-state index is 11.4. The number of hydrogen-bond acceptors (Lipinski definition) is 4. The van der Waals surface area contributed by atoms with Gasteiger partial charge in [0.15, 0.2) is 5.78 Å². The number of anilines is 1. The Morgan fingerprint density at radius 3 is 2.44 bits per heavy atom. The lowest BCUT2D eigenvalue weighted by Gasteiger charge is -2.19. The Morgan fingerprint density at radius 2 is 2.00 bits per heavy atom. The summed E-state index contributed by atoms with van der Waals surface area (Å²) < 4.78 is 5.08. The van der Waals surface area contributed by atoms with E-state index in [0.717, 1.165) is 0 Å². The van der Waals surface area contributed by atoms with Gasteiger partial charge in [0.05, 0.1) is 10.6 Å². The number of thiophene rings is 1. The lowest BCUT2D eigenvalue weighted by molar-refractivity contribution is 0.0635. The highest BCUT2D eigenvalue weighted by atomic mass is 32.1. The number of carbonyl (C=O) groups excluding carboxylic acids is 2. The minimum absolute atomic E-state index is 0.0118. The van der Waals surface area contributed by atoms with E-state index in [1.54, 1.807) is 32.2 Å². The molecule has 0 aromatic carbocycles. The molecule has 0 radical (unpaired) electrons. The van der Waals surface area contributed by atoms with Gasteiger partial charge in [-0.25, -0.2) is 4.79 Å². The molecule has 1 amide bonds. The number of ketones is 1. The predicted molar refractivity (Wildman–Crippen MR) is 64.2 cm³/mol. The van der Waals surface area contributed by atoms with Crippen molar-refractivity contribution in [1.82, 2.24) is 0 Å². The zero-order chi connectivity index (χ0) is 12.3. The molecule has 4 nitrogen and oxygen atoms in total. The molecular weight excluding hydrogens is 226 g/mol. The molecule has 0 aliphatic heterocycles. The summed E-state index contributed by atoms with van der Waals surface area (Å²) in [5.74, 6) is -0.0118. The molecule has 0 fully saturated rings. The van der Waals surface area contributed by atoms with Crippen LogP contribution in [0.2, 0.25) is 0 Å². The van der Waals surface area contributed by atoms with Gasteiger partial charge in [-0.2, -0.15) is 0 Å². The highest BCUT2D eigenvalue weighted by Gasteiger charge is 2.16. The fourth-order valence-corrected chi connectivity index (χ4v) is 1.75. The normalized spacial score (nSPS) is 11.0. The van der Waals surface area contributed by atoms with Crippen molar-refractivity contribution in [2.24, 2.45) is 0 Å². The third kappa shape index (κ3) is 4.02. The lowest BCUT2D eigenvalue weighted by atomic mass is 10.2. The van der Waals surface area contributed by atoms with Crippen molar-refractivity contribution in [2.75, 3.05) is 5.32 Å². The summed E-state index contributed by atoms with van der Waals surface area (Å²) in [6, 6.07) is 1.64. The quantitative estimate of drug-likeness (QED) is 0.808. The molecular formula is C11H15NO3S. The second-order valence-corrected chi connectivity index (χ2v) is 5.29. The smallest absolute Gasteiger partial charge is 0.412 e. The molecule has 88 valence electrons. The van der Waals surface area contributed by atoms with Crippen molar-refractivity contribution in [2.45, 2.75) is 33.3 Å². The Balaban J connectivity index is 2.60. The molecule has 16 heavy (non-hydrogen) atoms. The monoisotopic (exact) mass is 241 g/mol. The van der Waals surface area contributed by atoms with Crippen molar-refractivity contribution >= 4 is 28.9 Å². The Kier molecular flexibility index (Phi) is 3.70. The summed E-state index contributed by atoms with van der Waals surface area (Å²) in [5.41, 5.74) is 0.0632. The van der Waals surface area contributed by atoms with Crippen molar-refractivity contribution in [1.29, 1.82) is 0 Å². The molecule has 1 N–H and O–H groups in total. The third-order valence-corrected chi connectivity index (χ3v) is 2.62. The topological polar surface area (TPSA) is 55.4 Å². The molecule has 0 unspecified atom stereocenters. The number of nitrogens with one attached hydrogen (secondary N) is 1. The van der Waals surface area contributed by atoms with Crippen molar-refractivity contribution in [3.8, 4) is 0 Å². The van der Waals surface area contributed by atoms with E-state index in [1.165, 1.54) is 18.3 Å². The first-order chi connectivity index (χ1) is 7.28. The minimum Gasteiger partial charge on any atom is -0.444 e. The molecule has 0 aliphatic carbocycles. The summed E-state index contributed by atoms with van der Waals surface area (Å²) in [6.45, 7) is 6.87. The zero-order valence-electron chi connectivity index (χ0n) is 9.79. The van der Waals surface area contributed by atoms with Gasteiger partial charge in [-0.3, -0.25) is 10.1 Å². The number of ether oxygens (including phenoxy) is 1. The van der Waals surface area contributed by atoms with Crippen LogP contribution in [0.5, 0.6) is 0 Å². The van der Waals surface area contributed by atoms with Gasteiger partial charge in [0.2, 0.25) is 0 Å². The Hall–Kier alpha value is -1.36. The highest BCUT2D eigenvalue weighted by molar-refractivity contribution is 7.12. The van der Waals surface area contributed by atoms with Crippen LogP contribution in [0.3, 0.4) is 0 Å². The molecule has 5 heteroatoms. The van der Waals surface area contributed by atoms with Crippen LogP contribution < -0.4 is 5.32 Å². The molecule has 1 aromatic heterocycles. The van der Waals surface area contributed by atoms with Gasteiger partial charge in [-0.1, -0.05) is 0 Å². The van der Waals surface area contributed by atoms with Gasteiger partial charge < -0.3 is 4.74 Å². The van der Waals surface area contributed by atoms with Gasteiger partial charge in [-0.05, 0) is 33.8 Å². The number of amides is 1. The second-order valence-electron chi connectivity index (χ2n) is 4.38. The third-order valence-electron chi connectivity index (χ3n) is 1.59. The first-order valence-corrected chi connectivity index (χ1v) is 5.75. The molecule has 1 rings (SSSR count). The van der Waals surface area contributed by atoms with E-state index in [-0.39, 0.29) is 5.78 Å². The molecule has 0 saturated heterocycles. The summed E-state index contributed by atoms with van der Waals surface area (Å²) in [6.07, 6.45) is -0.514. The van der Waals surface area contributed by atoms with Crippen LogP contribution in [0.1, 0.15) is 37.4 Å². The number of Topliss-reactive ketones (excluding diaryl/α,β-unsaturated/α-hetero) is 1. The van der Waals surface area contributed by atoms with Gasteiger partial charge in [0, 0.05) is 5.38 Å². The number of hydrogen-bond donors (Lipinski definition) is 1. The largest absolute Gasteiger partial charge is 0.444 e. The average Bonchev–Trinajstić information content (AvgIpc) is 2.48. The van der Waals surface area contributed by atoms with E-state index < -0.39 is 11.7 Å². The van der Waals surface area contributed by atoms with Crippen LogP contribution >= 0.6 is 11.3 Å². The van der Waals surface area contributed by atoms with Crippen molar-refractivity contribution < 1.29 is 14.3 Å². The van der Waals surface area contributed by atoms with E-state index >= 15 is 0 Å². The first-order valence-electron chi connectivity index (χ1n) is 4.87. The summed E-state index contributed by atoms with van der Waals surface area (Å²) in [7, 11) is 0. The first kappa shape index (κ1) is 12.7. The van der Waals surface area contributed by atoms with E-state index in [4.69, 9.17) is 4.74 Å². The summed E-state index contributed by atoms with van der Waals surface area (Å²) in [4.78, 5) is 23.1. The van der Waals surface area contributed by atoms with Crippen LogP contribution in [0.15, 0.2) is 11.4 Å². The van der Waals surface area contributed by atoms with E-state index in [0.29, 0.717) is 10.6 Å². The van der Waals surface area contributed by atoms with Gasteiger partial charge in [0.25, 0.3) is 0 Å². The standard InChI is InChI=1S/C11H15NO3S/c1-7(13)9-5-8(6-16-9)12-10(14)15-11(2,3)4/h5-6H,1-4H3,(H,12,14). The molecule has 0 bridgehead atoms. The van der Waals surface area contributed by atoms with Crippen molar-refractivity contribution in [3.63, 3.8) is 0 Å². The maximum atomic E-state index is 11.4. The highest BCUT2D eigenvalue weighted by Crippen LogP contribution is 2.20. The molecule has 0 aliphatic rings. The lowest BCUT2D eigenvalue weighted by Crippen LogP contribution is -2.27. The second kappa shape index (κ2) is 4.65. The SMILES string of the molecule is CC(=O)c1cc(NC(=O)OC(C)(C)C)cs1. The molecule has 1 aromatic rings. The molecule has 0 saturated carbocycles. The molecule has 1 heterocycles. The number of carbonyl (C=O) groups is 2. The van der Waals surface area contributed by atoms with E-state index in [9.17, 15) is 9.59 Å². The Bertz CT molecular complexity index is 404. The predicted octanol–water partition coefficient (Wildman–Crippen LogP) is 3.30. The molecule has 0 atom stereocenters. The summed E-state index contributed by atoms with van der Waals surface area (Å²) >= 11 is 1.30. The van der Waals surface area contributed by atoms with E-state index in [2.05, 4.69) is 5.32 Å². The summed E-state index contributed by atoms with van der Waals surface area (Å²) in [5, 5.41) is 4.28. The average molecular weight is 241 g/mol. The minimum atomic E-state index is -0.524. The van der Waals surface area contributed by atoms with E-state index in [1.807, 2.05) is 0 Å².